The van der Waals surface area contributed by atoms with Crippen molar-refractivity contribution in [3.63, 3.8) is 0 Å². The summed E-state index contributed by atoms with van der Waals surface area (Å²) >= 11 is 0. The third-order valence-electron chi connectivity index (χ3n) is 4.47. The van der Waals surface area contributed by atoms with Crippen LogP contribution in [0.15, 0.2) is 60.7 Å². The first-order valence-corrected chi connectivity index (χ1v) is 9.73. The van der Waals surface area contributed by atoms with Crippen LogP contribution >= 0.6 is 0 Å². The molecule has 0 bridgehead atoms. The fourth-order valence-electron chi connectivity index (χ4n) is 3.07. The molecule has 30 heavy (non-hydrogen) atoms. The third kappa shape index (κ3) is 5.14. The van der Waals surface area contributed by atoms with Crippen molar-refractivity contribution in [1.82, 2.24) is 15.1 Å². The monoisotopic (exact) mass is 403 g/mol. The lowest BCUT2D eigenvalue weighted by molar-refractivity contribution is -0.111. The van der Waals surface area contributed by atoms with Gasteiger partial charge in [0.25, 0.3) is 0 Å². The van der Waals surface area contributed by atoms with Crippen molar-refractivity contribution in [3.8, 4) is 5.69 Å². The highest BCUT2D eigenvalue weighted by Crippen LogP contribution is 2.19. The summed E-state index contributed by atoms with van der Waals surface area (Å²) in [7, 11) is 0. The van der Waals surface area contributed by atoms with Crippen molar-refractivity contribution >= 4 is 29.4 Å². The predicted molar refractivity (Wildman–Crippen MR) is 120 cm³/mol. The number of hydrogen-bond donors (Lipinski definition) is 3. The molecule has 0 saturated heterocycles. The van der Waals surface area contributed by atoms with Gasteiger partial charge in [0.1, 0.15) is 0 Å². The summed E-state index contributed by atoms with van der Waals surface area (Å²) < 4.78 is 1.86. The number of nitrogens with zero attached hydrogens (tertiary/aromatic N) is 2. The maximum absolute atomic E-state index is 12.4. The van der Waals surface area contributed by atoms with Crippen LogP contribution in [-0.2, 0) is 4.79 Å². The summed E-state index contributed by atoms with van der Waals surface area (Å²) in [4.78, 5) is 24.0. The van der Waals surface area contributed by atoms with Crippen LogP contribution < -0.4 is 16.0 Å². The number of urea groups is 1. The minimum atomic E-state index is -0.290. The number of para-hydroxylation sites is 1. The second kappa shape index (κ2) is 9.56. The van der Waals surface area contributed by atoms with Gasteiger partial charge in [-0.2, -0.15) is 5.10 Å². The van der Waals surface area contributed by atoms with E-state index in [2.05, 4.69) is 21.0 Å². The Bertz CT molecular complexity index is 1070. The summed E-state index contributed by atoms with van der Waals surface area (Å²) in [6, 6.07) is 16.5. The lowest BCUT2D eigenvalue weighted by Gasteiger charge is -2.08. The van der Waals surface area contributed by atoms with E-state index < -0.39 is 0 Å². The Morgan fingerprint density at radius 1 is 1.00 bits per heavy atom. The molecule has 0 aliphatic heterocycles. The topological polar surface area (TPSA) is 88.1 Å². The molecule has 3 rings (SSSR count). The average molecular weight is 403 g/mol. The lowest BCUT2D eigenvalue weighted by atomic mass is 10.2. The van der Waals surface area contributed by atoms with Crippen LogP contribution in [0.4, 0.5) is 16.2 Å². The van der Waals surface area contributed by atoms with E-state index in [-0.39, 0.29) is 11.9 Å². The fourth-order valence-corrected chi connectivity index (χ4v) is 3.07. The Balaban J connectivity index is 1.70. The van der Waals surface area contributed by atoms with Gasteiger partial charge in [0, 0.05) is 35.3 Å². The van der Waals surface area contributed by atoms with Crippen molar-refractivity contribution in [2.45, 2.75) is 20.8 Å². The molecule has 3 aromatic rings. The normalized spacial score (nSPS) is 10.8. The second-order valence-electron chi connectivity index (χ2n) is 6.72. The molecule has 3 amide bonds. The number of hydrogen-bond acceptors (Lipinski definition) is 3. The summed E-state index contributed by atoms with van der Waals surface area (Å²) in [5.74, 6) is -0.267. The number of aromatic nitrogens is 2. The maximum atomic E-state index is 12.4. The van der Waals surface area contributed by atoms with E-state index in [1.807, 2.05) is 55.8 Å². The average Bonchev–Trinajstić information content (AvgIpc) is 3.01. The summed E-state index contributed by atoms with van der Waals surface area (Å²) in [6.45, 7) is 6.27. The Morgan fingerprint density at radius 3 is 2.40 bits per heavy atom. The molecule has 1 aromatic heterocycles. The highest BCUT2D eigenvalue weighted by Gasteiger charge is 2.11. The van der Waals surface area contributed by atoms with Crippen LogP contribution in [0.1, 0.15) is 23.9 Å². The Kier molecular flexibility index (Phi) is 6.64. The first kappa shape index (κ1) is 20.9. The van der Waals surface area contributed by atoms with E-state index in [1.54, 1.807) is 30.3 Å². The summed E-state index contributed by atoms with van der Waals surface area (Å²) in [6.07, 6.45) is 3.25. The number of anilines is 2. The van der Waals surface area contributed by atoms with E-state index in [4.69, 9.17) is 0 Å². The van der Waals surface area contributed by atoms with Gasteiger partial charge in [0.15, 0.2) is 0 Å². The van der Waals surface area contributed by atoms with Gasteiger partial charge in [-0.05, 0) is 57.2 Å². The highest BCUT2D eigenvalue weighted by atomic mass is 16.2. The van der Waals surface area contributed by atoms with Crippen molar-refractivity contribution in [1.29, 1.82) is 0 Å². The molecule has 0 radical (unpaired) electrons. The highest BCUT2D eigenvalue weighted by molar-refractivity contribution is 6.02. The summed E-state index contributed by atoms with van der Waals surface area (Å²) in [5, 5.41) is 12.8. The van der Waals surface area contributed by atoms with Gasteiger partial charge in [0.05, 0.1) is 11.4 Å². The zero-order chi connectivity index (χ0) is 21.5. The van der Waals surface area contributed by atoms with E-state index >= 15 is 0 Å². The van der Waals surface area contributed by atoms with Crippen LogP contribution in [0.25, 0.3) is 11.8 Å². The van der Waals surface area contributed by atoms with Crippen LogP contribution in [0.5, 0.6) is 0 Å². The van der Waals surface area contributed by atoms with Crippen LogP contribution in [0, 0.1) is 13.8 Å². The third-order valence-corrected chi connectivity index (χ3v) is 4.47. The quantitative estimate of drug-likeness (QED) is 0.537. The number of carbonyl (C=O) groups excluding carboxylic acids is 2. The Labute approximate surface area is 175 Å². The van der Waals surface area contributed by atoms with Crippen LogP contribution in [0.3, 0.4) is 0 Å². The molecular weight excluding hydrogens is 378 g/mol. The molecule has 154 valence electrons. The smallest absolute Gasteiger partial charge is 0.319 e. The van der Waals surface area contributed by atoms with E-state index in [1.165, 1.54) is 6.08 Å². The molecule has 0 spiro atoms. The number of aryl methyl sites for hydroxylation is 1. The summed E-state index contributed by atoms with van der Waals surface area (Å²) in [5.41, 5.74) is 4.86. The molecule has 2 aromatic carbocycles. The van der Waals surface area contributed by atoms with E-state index in [0.717, 1.165) is 22.6 Å². The fraction of sp³-hybridized carbons (Fsp3) is 0.174. The molecule has 0 saturated carbocycles. The van der Waals surface area contributed by atoms with Crippen molar-refractivity contribution in [2.24, 2.45) is 0 Å². The predicted octanol–water partition coefficient (Wildman–Crippen LogP) is 4.28. The zero-order valence-electron chi connectivity index (χ0n) is 17.3. The molecular formula is C23H25N5O2. The molecule has 7 heteroatoms. The van der Waals surface area contributed by atoms with Crippen LogP contribution in [-0.4, -0.2) is 28.3 Å². The number of amides is 3. The van der Waals surface area contributed by atoms with Gasteiger partial charge >= 0.3 is 6.03 Å². The minimum Gasteiger partial charge on any atom is -0.338 e. The first-order valence-electron chi connectivity index (χ1n) is 9.73. The molecule has 1 heterocycles. The Hall–Kier alpha value is -3.87. The van der Waals surface area contributed by atoms with Gasteiger partial charge < -0.3 is 16.0 Å². The largest absolute Gasteiger partial charge is 0.338 e. The second-order valence-corrected chi connectivity index (χ2v) is 6.72. The van der Waals surface area contributed by atoms with Gasteiger partial charge in [-0.25, -0.2) is 9.48 Å². The Morgan fingerprint density at radius 2 is 1.70 bits per heavy atom. The van der Waals surface area contributed by atoms with Gasteiger partial charge in [-0.15, -0.1) is 0 Å². The standard InChI is InChI=1S/C23H25N5O2/c1-4-24-23(30)26-19-10-8-9-18(15-19)25-22(29)14-13-21-16(2)27-28(17(21)3)20-11-6-5-7-12-20/h5-15H,4H2,1-3H3,(H,25,29)(H2,24,26,30)/b14-13+. The molecule has 3 N–H and O–H groups in total. The van der Waals surface area contributed by atoms with Crippen LogP contribution in [0.2, 0.25) is 0 Å². The molecule has 7 nitrogen and oxygen atoms in total. The van der Waals surface area contributed by atoms with Crippen molar-refractivity contribution in [2.75, 3.05) is 17.2 Å². The number of rotatable bonds is 6. The number of benzene rings is 2. The molecule has 0 aliphatic rings. The molecule has 0 fully saturated rings. The van der Waals surface area contributed by atoms with Gasteiger partial charge in [-0.3, -0.25) is 4.79 Å². The van der Waals surface area contributed by atoms with Gasteiger partial charge in [-0.1, -0.05) is 24.3 Å². The maximum Gasteiger partial charge on any atom is 0.319 e. The van der Waals surface area contributed by atoms with E-state index in [9.17, 15) is 9.59 Å². The zero-order valence-corrected chi connectivity index (χ0v) is 17.3. The SMILES string of the molecule is CCNC(=O)Nc1cccc(NC(=O)/C=C/c2c(C)nn(-c3ccccc3)c2C)c1. The lowest BCUT2D eigenvalue weighted by Crippen LogP contribution is -2.28. The molecule has 0 atom stereocenters. The molecule has 0 unspecified atom stereocenters. The van der Waals surface area contributed by atoms with Crippen molar-refractivity contribution < 1.29 is 9.59 Å². The van der Waals surface area contributed by atoms with E-state index in [0.29, 0.717) is 17.9 Å². The minimum absolute atomic E-state index is 0.267. The number of nitrogens with one attached hydrogen (secondary N) is 3. The van der Waals surface area contributed by atoms with Crippen molar-refractivity contribution in [3.05, 3.63) is 77.6 Å². The van der Waals surface area contributed by atoms with Gasteiger partial charge in [0.2, 0.25) is 5.91 Å². The number of carbonyl (C=O) groups is 2. The first-order chi connectivity index (χ1) is 14.5. The molecule has 0 aliphatic carbocycles.